The summed E-state index contributed by atoms with van der Waals surface area (Å²) in [6.45, 7) is 3.87. The molecule has 2 aromatic carbocycles. The minimum absolute atomic E-state index is 0.0514. The molecule has 0 fully saturated rings. The molecule has 0 saturated heterocycles. The average Bonchev–Trinajstić information content (AvgIpc) is 2.72. The third-order valence-electron chi connectivity index (χ3n) is 4.95. The number of methoxy groups -OCH3 is 1. The molecule has 31 heavy (non-hydrogen) atoms. The first kappa shape index (κ1) is 25.1. The highest BCUT2D eigenvalue weighted by Gasteiger charge is 2.29. The van der Waals surface area contributed by atoms with Crippen LogP contribution in [-0.2, 0) is 14.8 Å². The zero-order valence-electron chi connectivity index (χ0n) is 18.4. The van der Waals surface area contributed by atoms with Crippen molar-refractivity contribution in [1.82, 2.24) is 14.9 Å². The summed E-state index contributed by atoms with van der Waals surface area (Å²) in [5, 5.41) is 3.33. The lowest BCUT2D eigenvalue weighted by Crippen LogP contribution is -2.50. The Labute approximate surface area is 189 Å². The van der Waals surface area contributed by atoms with E-state index in [1.165, 1.54) is 24.3 Å². The van der Waals surface area contributed by atoms with Crippen molar-refractivity contribution in [1.29, 1.82) is 0 Å². The van der Waals surface area contributed by atoms with Crippen LogP contribution in [-0.4, -0.2) is 53.0 Å². The molecule has 1 amide bonds. The van der Waals surface area contributed by atoms with Crippen LogP contribution in [0.4, 0.5) is 0 Å². The van der Waals surface area contributed by atoms with E-state index in [1.54, 1.807) is 21.0 Å². The third kappa shape index (κ3) is 6.67. The highest BCUT2D eigenvalue weighted by Crippen LogP contribution is 2.27. The van der Waals surface area contributed by atoms with Gasteiger partial charge >= 0.3 is 0 Å². The summed E-state index contributed by atoms with van der Waals surface area (Å²) < 4.78 is 33.5. The number of likely N-dealkylation sites (N-methyl/N-ethyl adjacent to an activating group) is 1. The molecule has 2 aromatic rings. The fraction of sp³-hybridized carbons (Fsp3) is 0.409. The molecule has 2 atom stereocenters. The molecular formula is C22H30ClN3O4S. The van der Waals surface area contributed by atoms with Crippen LogP contribution in [0, 0.1) is 5.92 Å². The van der Waals surface area contributed by atoms with Gasteiger partial charge in [-0.05, 0) is 50.3 Å². The van der Waals surface area contributed by atoms with E-state index < -0.39 is 22.0 Å². The van der Waals surface area contributed by atoms with E-state index in [4.69, 9.17) is 16.3 Å². The topological polar surface area (TPSA) is 87.7 Å². The highest BCUT2D eigenvalue weighted by molar-refractivity contribution is 7.89. The molecule has 0 bridgehead atoms. The van der Waals surface area contributed by atoms with Gasteiger partial charge in [0.2, 0.25) is 15.9 Å². The van der Waals surface area contributed by atoms with Crippen molar-refractivity contribution in [2.75, 3.05) is 27.7 Å². The molecule has 0 radical (unpaired) electrons. The van der Waals surface area contributed by atoms with Gasteiger partial charge < -0.3 is 15.0 Å². The van der Waals surface area contributed by atoms with Gasteiger partial charge in [0.05, 0.1) is 18.0 Å². The molecule has 0 aliphatic heterocycles. The Balaban J connectivity index is 2.17. The van der Waals surface area contributed by atoms with Crippen LogP contribution in [0.15, 0.2) is 53.4 Å². The van der Waals surface area contributed by atoms with Crippen molar-refractivity contribution in [2.45, 2.75) is 30.8 Å². The maximum absolute atomic E-state index is 13.0. The molecule has 0 aliphatic carbocycles. The molecule has 0 aliphatic rings. The molecule has 170 valence electrons. The second-order valence-electron chi connectivity index (χ2n) is 7.76. The second kappa shape index (κ2) is 10.9. The number of ether oxygens (including phenoxy) is 1. The van der Waals surface area contributed by atoms with E-state index >= 15 is 0 Å². The van der Waals surface area contributed by atoms with Crippen LogP contribution in [0.25, 0.3) is 0 Å². The van der Waals surface area contributed by atoms with Gasteiger partial charge in [0.1, 0.15) is 11.8 Å². The number of rotatable bonds is 10. The molecule has 7 nitrogen and oxygen atoms in total. The Morgan fingerprint density at radius 1 is 1.10 bits per heavy atom. The van der Waals surface area contributed by atoms with Crippen molar-refractivity contribution in [3.05, 3.63) is 59.1 Å². The van der Waals surface area contributed by atoms with Gasteiger partial charge in [0, 0.05) is 17.1 Å². The van der Waals surface area contributed by atoms with Gasteiger partial charge in [-0.2, -0.15) is 4.72 Å². The van der Waals surface area contributed by atoms with E-state index in [9.17, 15) is 13.2 Å². The van der Waals surface area contributed by atoms with Crippen molar-refractivity contribution in [3.8, 4) is 5.75 Å². The molecule has 9 heteroatoms. The number of carbonyl (C=O) groups is 1. The molecule has 2 rings (SSSR count). The lowest BCUT2D eigenvalue weighted by Gasteiger charge is -2.28. The summed E-state index contributed by atoms with van der Waals surface area (Å²) in [6, 6.07) is 12.3. The van der Waals surface area contributed by atoms with Crippen LogP contribution in [0.1, 0.15) is 25.5 Å². The van der Waals surface area contributed by atoms with Crippen molar-refractivity contribution in [3.63, 3.8) is 0 Å². The first-order valence-corrected chi connectivity index (χ1v) is 11.8. The number of carbonyl (C=O) groups excluding carboxylic acids is 1. The number of sulfonamides is 1. The summed E-state index contributed by atoms with van der Waals surface area (Å²) >= 11 is 5.84. The molecule has 0 saturated carbocycles. The van der Waals surface area contributed by atoms with Gasteiger partial charge in [-0.3, -0.25) is 4.79 Å². The molecule has 0 unspecified atom stereocenters. The fourth-order valence-corrected chi connectivity index (χ4v) is 4.63. The smallest absolute Gasteiger partial charge is 0.241 e. The highest BCUT2D eigenvalue weighted by atomic mass is 35.5. The van der Waals surface area contributed by atoms with Crippen LogP contribution in [0.3, 0.4) is 0 Å². The van der Waals surface area contributed by atoms with E-state index in [0.717, 1.165) is 11.3 Å². The van der Waals surface area contributed by atoms with Gasteiger partial charge in [-0.25, -0.2) is 8.42 Å². The Bertz CT molecular complexity index is 979. The van der Waals surface area contributed by atoms with Crippen molar-refractivity contribution in [2.24, 2.45) is 5.92 Å². The Hall–Kier alpha value is -2.13. The molecule has 0 heterocycles. The Morgan fingerprint density at radius 2 is 1.71 bits per heavy atom. The molecule has 2 N–H and O–H groups in total. The zero-order chi connectivity index (χ0) is 23.2. The maximum atomic E-state index is 13.0. The SMILES string of the molecule is COc1ccccc1[C@H](CNC(=O)[C@H](NS(=O)(=O)c1ccc(Cl)cc1)C(C)C)N(C)C. The standard InChI is InChI=1S/C22H30ClN3O4S/c1-15(2)21(25-31(28,29)17-12-10-16(23)11-13-17)22(27)24-14-19(26(3)4)18-8-6-7-9-20(18)30-5/h6-13,15,19,21,25H,14H2,1-5H3,(H,24,27)/t19-,21+/m0/s1. The summed E-state index contributed by atoms with van der Waals surface area (Å²) in [7, 11) is 1.54. The predicted molar refractivity (Wildman–Crippen MR) is 123 cm³/mol. The van der Waals surface area contributed by atoms with E-state index in [0.29, 0.717) is 5.02 Å². The van der Waals surface area contributed by atoms with Crippen LogP contribution < -0.4 is 14.8 Å². The molecule has 0 spiro atoms. The normalized spacial score (nSPS) is 13.8. The zero-order valence-corrected chi connectivity index (χ0v) is 20.0. The van der Waals surface area contributed by atoms with Crippen LogP contribution in [0.2, 0.25) is 5.02 Å². The largest absolute Gasteiger partial charge is 0.496 e. The summed E-state index contributed by atoms with van der Waals surface area (Å²) in [6.07, 6.45) is 0. The van der Waals surface area contributed by atoms with Crippen LogP contribution in [0.5, 0.6) is 5.75 Å². The van der Waals surface area contributed by atoms with Gasteiger partial charge in [-0.15, -0.1) is 0 Å². The number of benzene rings is 2. The Morgan fingerprint density at radius 3 is 2.26 bits per heavy atom. The molecular weight excluding hydrogens is 438 g/mol. The maximum Gasteiger partial charge on any atom is 0.241 e. The van der Waals surface area contributed by atoms with Gasteiger partial charge in [-0.1, -0.05) is 43.6 Å². The van der Waals surface area contributed by atoms with Crippen molar-refractivity contribution < 1.29 is 17.9 Å². The Kier molecular flexibility index (Phi) is 8.88. The molecule has 0 aromatic heterocycles. The number of para-hydroxylation sites is 1. The minimum Gasteiger partial charge on any atom is -0.496 e. The van der Waals surface area contributed by atoms with Crippen LogP contribution >= 0.6 is 11.6 Å². The number of halogens is 1. The predicted octanol–water partition coefficient (Wildman–Crippen LogP) is 3.07. The summed E-state index contributed by atoms with van der Waals surface area (Å²) in [5.74, 6) is 0.0692. The number of nitrogens with one attached hydrogen (secondary N) is 2. The first-order chi connectivity index (χ1) is 14.6. The monoisotopic (exact) mass is 467 g/mol. The van der Waals surface area contributed by atoms with E-state index in [1.807, 2.05) is 43.3 Å². The van der Waals surface area contributed by atoms with Crippen molar-refractivity contribution >= 4 is 27.5 Å². The quantitative estimate of drug-likeness (QED) is 0.560. The number of amides is 1. The number of hydrogen-bond donors (Lipinski definition) is 2. The number of hydrogen-bond acceptors (Lipinski definition) is 5. The van der Waals surface area contributed by atoms with Gasteiger partial charge in [0.25, 0.3) is 0 Å². The lowest BCUT2D eigenvalue weighted by atomic mass is 10.0. The van der Waals surface area contributed by atoms with E-state index in [2.05, 4.69) is 10.0 Å². The fourth-order valence-electron chi connectivity index (χ4n) is 3.16. The van der Waals surface area contributed by atoms with E-state index in [-0.39, 0.29) is 23.4 Å². The average molecular weight is 468 g/mol. The number of nitrogens with zero attached hydrogens (tertiary/aromatic N) is 1. The lowest BCUT2D eigenvalue weighted by molar-refractivity contribution is -0.123. The second-order valence-corrected chi connectivity index (χ2v) is 9.91. The van der Waals surface area contributed by atoms with Gasteiger partial charge in [0.15, 0.2) is 0 Å². The summed E-state index contributed by atoms with van der Waals surface area (Å²) in [5.41, 5.74) is 0.929. The minimum atomic E-state index is -3.88. The summed E-state index contributed by atoms with van der Waals surface area (Å²) in [4.78, 5) is 15.0. The third-order valence-corrected chi connectivity index (χ3v) is 6.66. The first-order valence-electron chi connectivity index (χ1n) is 9.91.